The summed E-state index contributed by atoms with van der Waals surface area (Å²) in [6, 6.07) is 15.4. The molecule has 0 aliphatic heterocycles. The lowest BCUT2D eigenvalue weighted by Crippen LogP contribution is -2.19. The molecule has 3 aromatic rings. The van der Waals surface area contributed by atoms with Crippen molar-refractivity contribution in [3.05, 3.63) is 54.1 Å². The van der Waals surface area contributed by atoms with Gasteiger partial charge in [-0.3, -0.25) is 4.79 Å². The van der Waals surface area contributed by atoms with E-state index < -0.39 is 0 Å². The van der Waals surface area contributed by atoms with E-state index in [9.17, 15) is 4.79 Å². The number of para-hydroxylation sites is 2. The number of fused-ring (bicyclic) bond motifs is 1. The van der Waals surface area contributed by atoms with E-state index >= 15 is 0 Å². The molecular weight excluding hydrogens is 342 g/mol. The molecule has 0 unspecified atom stereocenters. The molecule has 0 saturated heterocycles. The number of oxazole rings is 1. The molecule has 2 aromatic carbocycles. The lowest BCUT2D eigenvalue weighted by atomic mass is 10.2. The average molecular weight is 357 g/mol. The molecule has 1 N–H and O–H groups in total. The van der Waals surface area contributed by atoms with E-state index in [1.54, 1.807) is 18.0 Å². The van der Waals surface area contributed by atoms with Gasteiger partial charge in [0.2, 0.25) is 0 Å². The predicted octanol–water partition coefficient (Wildman–Crippen LogP) is 3.79. The first-order valence-electron chi connectivity index (χ1n) is 7.19. The minimum atomic E-state index is -0.209. The standard InChI is InChI=1S/C17H15N3O2S2/c1-23-13-8-6-12(7-9-13)10-18-20-16(21)11-24-17-19-14-4-2-3-5-15(14)22-17/h2-10H,11H2,1H3,(H,20,21). The molecule has 0 atom stereocenters. The van der Waals surface area contributed by atoms with E-state index in [0.29, 0.717) is 10.8 Å². The molecule has 0 aliphatic carbocycles. The molecule has 5 nitrogen and oxygen atoms in total. The molecule has 1 amide bonds. The first-order chi connectivity index (χ1) is 11.7. The molecule has 0 aliphatic rings. The number of carbonyl (C=O) groups excluding carboxylic acids is 1. The van der Waals surface area contributed by atoms with Gasteiger partial charge in [-0.25, -0.2) is 10.4 Å². The maximum atomic E-state index is 11.8. The van der Waals surface area contributed by atoms with E-state index in [1.807, 2.05) is 54.8 Å². The van der Waals surface area contributed by atoms with Crippen molar-refractivity contribution in [3.8, 4) is 0 Å². The topological polar surface area (TPSA) is 67.5 Å². The van der Waals surface area contributed by atoms with E-state index in [-0.39, 0.29) is 11.7 Å². The fraction of sp³-hybridized carbons (Fsp3) is 0.118. The monoisotopic (exact) mass is 357 g/mol. The van der Waals surface area contributed by atoms with Crippen molar-refractivity contribution in [2.45, 2.75) is 10.1 Å². The smallest absolute Gasteiger partial charge is 0.257 e. The van der Waals surface area contributed by atoms with Crippen LogP contribution in [0.2, 0.25) is 0 Å². The second kappa shape index (κ2) is 8.03. The van der Waals surface area contributed by atoms with Gasteiger partial charge in [0.25, 0.3) is 11.1 Å². The highest BCUT2D eigenvalue weighted by molar-refractivity contribution is 7.99. The number of carbonyl (C=O) groups is 1. The summed E-state index contributed by atoms with van der Waals surface area (Å²) >= 11 is 2.92. The SMILES string of the molecule is CSc1ccc(C=NNC(=O)CSc2nc3ccccc3o2)cc1. The van der Waals surface area contributed by atoms with Crippen molar-refractivity contribution >= 4 is 46.7 Å². The Balaban J connectivity index is 1.49. The van der Waals surface area contributed by atoms with Gasteiger partial charge in [-0.15, -0.1) is 11.8 Å². The Morgan fingerprint density at radius 2 is 2.04 bits per heavy atom. The van der Waals surface area contributed by atoms with Gasteiger partial charge in [0, 0.05) is 4.90 Å². The molecule has 1 aromatic heterocycles. The molecule has 0 spiro atoms. The largest absolute Gasteiger partial charge is 0.431 e. The predicted molar refractivity (Wildman–Crippen MR) is 98.7 cm³/mol. The van der Waals surface area contributed by atoms with Gasteiger partial charge in [0.1, 0.15) is 5.52 Å². The van der Waals surface area contributed by atoms with Crippen molar-refractivity contribution in [1.29, 1.82) is 0 Å². The van der Waals surface area contributed by atoms with Crippen LogP contribution in [0.25, 0.3) is 11.1 Å². The number of rotatable bonds is 6. The quantitative estimate of drug-likeness (QED) is 0.413. The van der Waals surface area contributed by atoms with Crippen LogP contribution in [0.1, 0.15) is 5.56 Å². The number of benzene rings is 2. The number of amides is 1. The maximum absolute atomic E-state index is 11.8. The van der Waals surface area contributed by atoms with Crippen LogP contribution < -0.4 is 5.43 Å². The molecule has 0 radical (unpaired) electrons. The van der Waals surface area contributed by atoms with Crippen LogP contribution in [-0.2, 0) is 4.79 Å². The van der Waals surface area contributed by atoms with Gasteiger partial charge in [0.15, 0.2) is 5.58 Å². The molecule has 3 rings (SSSR count). The van der Waals surface area contributed by atoms with E-state index in [0.717, 1.165) is 11.1 Å². The number of aromatic nitrogens is 1. The highest BCUT2D eigenvalue weighted by Gasteiger charge is 2.08. The number of hydrogen-bond donors (Lipinski definition) is 1. The highest BCUT2D eigenvalue weighted by atomic mass is 32.2. The third kappa shape index (κ3) is 4.39. The van der Waals surface area contributed by atoms with Crippen molar-refractivity contribution in [3.63, 3.8) is 0 Å². The van der Waals surface area contributed by atoms with Crippen molar-refractivity contribution in [2.24, 2.45) is 5.10 Å². The van der Waals surface area contributed by atoms with Crippen LogP contribution in [0.15, 0.2) is 68.2 Å². The van der Waals surface area contributed by atoms with Crippen LogP contribution in [-0.4, -0.2) is 29.1 Å². The summed E-state index contributed by atoms with van der Waals surface area (Å²) < 4.78 is 5.55. The number of hydrogen-bond acceptors (Lipinski definition) is 6. The summed E-state index contributed by atoms with van der Waals surface area (Å²) in [5.41, 5.74) is 4.93. The Morgan fingerprint density at radius 1 is 1.25 bits per heavy atom. The first-order valence-corrected chi connectivity index (χ1v) is 9.40. The second-order valence-electron chi connectivity index (χ2n) is 4.80. The molecule has 122 valence electrons. The molecule has 0 fully saturated rings. The zero-order chi connectivity index (χ0) is 16.8. The number of hydrazone groups is 1. The van der Waals surface area contributed by atoms with Crippen molar-refractivity contribution in [1.82, 2.24) is 10.4 Å². The summed E-state index contributed by atoms with van der Waals surface area (Å²) in [7, 11) is 0. The van der Waals surface area contributed by atoms with Gasteiger partial charge >= 0.3 is 0 Å². The number of nitrogens with zero attached hydrogens (tertiary/aromatic N) is 2. The Labute approximate surface area is 147 Å². The molecule has 1 heterocycles. The molecule has 0 saturated carbocycles. The Kier molecular flexibility index (Phi) is 5.55. The van der Waals surface area contributed by atoms with Gasteiger partial charge in [0.05, 0.1) is 12.0 Å². The van der Waals surface area contributed by atoms with Gasteiger partial charge in [-0.2, -0.15) is 5.10 Å². The minimum Gasteiger partial charge on any atom is -0.431 e. The van der Waals surface area contributed by atoms with E-state index in [1.165, 1.54) is 16.7 Å². The molecule has 0 bridgehead atoms. The normalized spacial score (nSPS) is 11.2. The van der Waals surface area contributed by atoms with Crippen molar-refractivity contribution < 1.29 is 9.21 Å². The van der Waals surface area contributed by atoms with Gasteiger partial charge in [-0.1, -0.05) is 36.0 Å². The molecular formula is C17H15N3O2S2. The zero-order valence-electron chi connectivity index (χ0n) is 12.9. The lowest BCUT2D eigenvalue weighted by molar-refractivity contribution is -0.118. The average Bonchev–Trinajstić information content (AvgIpc) is 3.03. The van der Waals surface area contributed by atoms with Crippen LogP contribution in [0, 0.1) is 0 Å². The van der Waals surface area contributed by atoms with Gasteiger partial charge in [-0.05, 0) is 36.1 Å². The summed E-state index contributed by atoms with van der Waals surface area (Å²) in [5, 5.41) is 4.43. The van der Waals surface area contributed by atoms with E-state index in [4.69, 9.17) is 4.42 Å². The summed E-state index contributed by atoms with van der Waals surface area (Å²) in [4.78, 5) is 17.3. The third-order valence-electron chi connectivity index (χ3n) is 3.12. The Hall–Kier alpha value is -2.25. The summed E-state index contributed by atoms with van der Waals surface area (Å²) in [6.45, 7) is 0. The first kappa shape index (κ1) is 16.6. The summed E-state index contributed by atoms with van der Waals surface area (Å²) in [5.74, 6) is -0.0190. The third-order valence-corrected chi connectivity index (χ3v) is 4.69. The van der Waals surface area contributed by atoms with Crippen LogP contribution in [0.5, 0.6) is 0 Å². The number of nitrogens with one attached hydrogen (secondary N) is 1. The lowest BCUT2D eigenvalue weighted by Gasteiger charge is -1.98. The van der Waals surface area contributed by atoms with Gasteiger partial charge < -0.3 is 4.42 Å². The van der Waals surface area contributed by atoms with Crippen molar-refractivity contribution in [2.75, 3.05) is 12.0 Å². The Bertz CT molecular complexity index is 827. The fourth-order valence-corrected chi connectivity index (χ4v) is 2.98. The maximum Gasteiger partial charge on any atom is 0.257 e. The number of thioether (sulfide) groups is 2. The van der Waals surface area contributed by atoms with Crippen LogP contribution in [0.4, 0.5) is 0 Å². The highest BCUT2D eigenvalue weighted by Crippen LogP contribution is 2.22. The van der Waals surface area contributed by atoms with Crippen LogP contribution in [0.3, 0.4) is 0 Å². The van der Waals surface area contributed by atoms with Crippen LogP contribution >= 0.6 is 23.5 Å². The summed E-state index contributed by atoms with van der Waals surface area (Å²) in [6.07, 6.45) is 3.64. The van der Waals surface area contributed by atoms with E-state index in [2.05, 4.69) is 15.5 Å². The zero-order valence-corrected chi connectivity index (χ0v) is 14.6. The Morgan fingerprint density at radius 3 is 2.79 bits per heavy atom. The molecule has 7 heteroatoms. The minimum absolute atomic E-state index is 0.190. The fourth-order valence-electron chi connectivity index (χ4n) is 1.94. The second-order valence-corrected chi connectivity index (χ2v) is 6.61. The molecule has 24 heavy (non-hydrogen) atoms.